The van der Waals surface area contributed by atoms with Gasteiger partial charge in [0, 0.05) is 40.7 Å². The monoisotopic (exact) mass is 639 g/mol. The van der Waals surface area contributed by atoms with Crippen molar-refractivity contribution in [2.45, 2.75) is 25.1 Å². The summed E-state index contributed by atoms with van der Waals surface area (Å²) in [6.45, 7) is 0.670. The topological polar surface area (TPSA) is 74.2 Å². The van der Waals surface area contributed by atoms with E-state index >= 15 is 0 Å². The van der Waals surface area contributed by atoms with E-state index in [4.69, 9.17) is 0 Å². The zero-order valence-electron chi connectivity index (χ0n) is 21.0. The maximum absolute atomic E-state index is 13.9. The zero-order chi connectivity index (χ0) is 27.6. The molecule has 0 saturated carbocycles. The first-order chi connectivity index (χ1) is 18.9. The summed E-state index contributed by atoms with van der Waals surface area (Å²) < 4.78 is 29.0. The van der Waals surface area contributed by atoms with Gasteiger partial charge in [0.25, 0.3) is 5.91 Å². The number of hydrogen-bond donors (Lipinski definition) is 3. The first kappa shape index (κ1) is 28.5. The number of nitrogens with zero attached hydrogens (tertiary/aromatic N) is 1. The molecule has 1 amide bonds. The second-order valence-electron chi connectivity index (χ2n) is 9.09. The van der Waals surface area contributed by atoms with Crippen LogP contribution in [0.25, 0.3) is 11.6 Å². The standard InChI is InChI=1S/C31H28F2IN3O2/c32-25-13-23(14-26(33)18-25)17-29(30(38)20-36-19-22-5-4-8-27(34)15-22)37-31(39)28(24-6-2-1-3-7-24)16-21-9-11-35-12-10-21/h1-16,18,29-30,36,38H,17,19-20H2,(H,37,39)/b28-16-/t29-,30-/m1/s1. The van der Waals surface area contributed by atoms with Crippen LogP contribution in [0.3, 0.4) is 0 Å². The Labute approximate surface area is 240 Å². The Balaban J connectivity index is 1.57. The molecule has 8 heteroatoms. The van der Waals surface area contributed by atoms with Crippen molar-refractivity contribution in [3.05, 3.63) is 135 Å². The molecule has 3 N–H and O–H groups in total. The molecule has 1 aromatic heterocycles. The van der Waals surface area contributed by atoms with E-state index < -0.39 is 29.7 Å². The summed E-state index contributed by atoms with van der Waals surface area (Å²) in [6.07, 6.45) is 4.01. The first-order valence-corrected chi connectivity index (χ1v) is 13.5. The largest absolute Gasteiger partial charge is 0.390 e. The van der Waals surface area contributed by atoms with E-state index in [1.165, 1.54) is 12.1 Å². The summed E-state index contributed by atoms with van der Waals surface area (Å²) in [5, 5.41) is 17.3. The second kappa shape index (κ2) is 14.1. The van der Waals surface area contributed by atoms with Crippen LogP contribution in [0.5, 0.6) is 0 Å². The third-order valence-corrected chi connectivity index (χ3v) is 6.75. The third-order valence-electron chi connectivity index (χ3n) is 6.08. The predicted octanol–water partition coefficient (Wildman–Crippen LogP) is 5.38. The van der Waals surface area contributed by atoms with Gasteiger partial charge in [-0.3, -0.25) is 9.78 Å². The van der Waals surface area contributed by atoms with Gasteiger partial charge in [0.05, 0.1) is 12.1 Å². The Morgan fingerprint density at radius 3 is 2.33 bits per heavy atom. The van der Waals surface area contributed by atoms with Crippen molar-refractivity contribution in [2.24, 2.45) is 0 Å². The summed E-state index contributed by atoms with van der Waals surface area (Å²) in [5.74, 6) is -1.86. The number of benzene rings is 3. The number of amides is 1. The zero-order valence-corrected chi connectivity index (χ0v) is 23.2. The summed E-state index contributed by atoms with van der Waals surface area (Å²) >= 11 is 2.24. The molecule has 5 nitrogen and oxygen atoms in total. The van der Waals surface area contributed by atoms with Crippen LogP contribution in [0, 0.1) is 15.2 Å². The number of pyridine rings is 1. The van der Waals surface area contributed by atoms with Gasteiger partial charge in [0.15, 0.2) is 0 Å². The molecule has 3 aromatic carbocycles. The van der Waals surface area contributed by atoms with Gasteiger partial charge < -0.3 is 15.7 Å². The lowest BCUT2D eigenvalue weighted by atomic mass is 9.98. The molecule has 4 aromatic rings. The van der Waals surface area contributed by atoms with Crippen LogP contribution in [-0.2, 0) is 17.8 Å². The van der Waals surface area contributed by atoms with Crippen LogP contribution in [0.15, 0.2) is 97.3 Å². The molecule has 0 bridgehead atoms. The first-order valence-electron chi connectivity index (χ1n) is 12.4. The highest BCUT2D eigenvalue weighted by molar-refractivity contribution is 14.1. The Kier molecular flexibility index (Phi) is 10.3. The highest BCUT2D eigenvalue weighted by Crippen LogP contribution is 2.20. The maximum Gasteiger partial charge on any atom is 0.252 e. The number of nitrogens with one attached hydrogen (secondary N) is 2. The Bertz CT molecular complexity index is 1400. The van der Waals surface area contributed by atoms with Gasteiger partial charge >= 0.3 is 0 Å². The van der Waals surface area contributed by atoms with Crippen molar-refractivity contribution in [3.8, 4) is 0 Å². The smallest absolute Gasteiger partial charge is 0.252 e. The number of aliphatic hydroxyl groups excluding tert-OH is 1. The van der Waals surface area contributed by atoms with Gasteiger partial charge in [-0.15, -0.1) is 0 Å². The molecule has 1 heterocycles. The molecule has 0 aliphatic heterocycles. The highest BCUT2D eigenvalue weighted by Gasteiger charge is 2.24. The van der Waals surface area contributed by atoms with Crippen molar-refractivity contribution in [1.29, 1.82) is 0 Å². The fourth-order valence-corrected chi connectivity index (χ4v) is 4.80. The summed E-state index contributed by atoms with van der Waals surface area (Å²) in [7, 11) is 0. The van der Waals surface area contributed by atoms with Crippen molar-refractivity contribution in [2.75, 3.05) is 6.54 Å². The van der Waals surface area contributed by atoms with Crippen LogP contribution >= 0.6 is 22.6 Å². The molecule has 2 atom stereocenters. The number of hydrogen-bond acceptors (Lipinski definition) is 4. The molecule has 0 saturated heterocycles. The molecule has 200 valence electrons. The van der Waals surface area contributed by atoms with Gasteiger partial charge in [0.2, 0.25) is 0 Å². The SMILES string of the molecule is O=C(N[C@H](Cc1cc(F)cc(F)c1)[C@H](O)CNCc1cccc(I)c1)/C(=C\c1ccncc1)c1ccccc1. The third kappa shape index (κ3) is 8.77. The van der Waals surface area contributed by atoms with Crippen LogP contribution in [0.4, 0.5) is 8.78 Å². The van der Waals surface area contributed by atoms with Crippen LogP contribution in [-0.4, -0.2) is 34.7 Å². The Morgan fingerprint density at radius 1 is 0.923 bits per heavy atom. The minimum Gasteiger partial charge on any atom is -0.390 e. The minimum absolute atomic E-state index is 0.0316. The normalized spacial score (nSPS) is 13.1. The predicted molar refractivity (Wildman–Crippen MR) is 157 cm³/mol. The van der Waals surface area contributed by atoms with Crippen LogP contribution in [0.2, 0.25) is 0 Å². The van der Waals surface area contributed by atoms with Gasteiger partial charge in [-0.25, -0.2) is 8.78 Å². The number of carbonyl (C=O) groups excluding carboxylic acids is 1. The average molecular weight is 639 g/mol. The molecule has 0 spiro atoms. The van der Waals surface area contributed by atoms with Gasteiger partial charge in [-0.2, -0.15) is 0 Å². The quantitative estimate of drug-likeness (QED) is 0.152. The van der Waals surface area contributed by atoms with E-state index in [1.807, 2.05) is 54.6 Å². The van der Waals surface area contributed by atoms with Crippen molar-refractivity contribution in [1.82, 2.24) is 15.6 Å². The molecule has 0 unspecified atom stereocenters. The summed E-state index contributed by atoms with van der Waals surface area (Å²) in [4.78, 5) is 17.7. The average Bonchev–Trinajstić information content (AvgIpc) is 2.92. The number of aromatic nitrogens is 1. The lowest BCUT2D eigenvalue weighted by molar-refractivity contribution is -0.117. The van der Waals surface area contributed by atoms with Crippen molar-refractivity contribution in [3.63, 3.8) is 0 Å². The lowest BCUT2D eigenvalue weighted by Crippen LogP contribution is -2.48. The van der Waals surface area contributed by atoms with E-state index in [2.05, 4.69) is 38.2 Å². The molecule has 0 aliphatic rings. The fraction of sp³-hybridized carbons (Fsp3) is 0.161. The second-order valence-corrected chi connectivity index (χ2v) is 10.3. The van der Waals surface area contributed by atoms with Gasteiger partial charge in [-0.1, -0.05) is 42.5 Å². The van der Waals surface area contributed by atoms with Crippen LogP contribution in [0.1, 0.15) is 22.3 Å². The lowest BCUT2D eigenvalue weighted by Gasteiger charge is -2.26. The molecule has 0 aliphatic carbocycles. The van der Waals surface area contributed by atoms with E-state index in [9.17, 15) is 18.7 Å². The van der Waals surface area contributed by atoms with E-state index in [-0.39, 0.29) is 13.0 Å². The Hall–Kier alpha value is -3.47. The van der Waals surface area contributed by atoms with E-state index in [0.717, 1.165) is 20.8 Å². The molecular formula is C31H28F2IN3O2. The number of aliphatic hydroxyl groups is 1. The number of halogens is 3. The minimum atomic E-state index is -1.04. The van der Waals surface area contributed by atoms with E-state index in [0.29, 0.717) is 23.2 Å². The van der Waals surface area contributed by atoms with Crippen molar-refractivity contribution >= 4 is 40.1 Å². The molecular weight excluding hydrogens is 611 g/mol. The van der Waals surface area contributed by atoms with Crippen LogP contribution < -0.4 is 10.6 Å². The molecule has 4 rings (SSSR count). The molecule has 39 heavy (non-hydrogen) atoms. The van der Waals surface area contributed by atoms with E-state index in [1.54, 1.807) is 30.6 Å². The van der Waals surface area contributed by atoms with Gasteiger partial charge in [0.1, 0.15) is 11.6 Å². The van der Waals surface area contributed by atoms with Crippen molar-refractivity contribution < 1.29 is 18.7 Å². The number of rotatable bonds is 11. The Morgan fingerprint density at radius 2 is 1.64 bits per heavy atom. The summed E-state index contributed by atoms with van der Waals surface area (Å²) in [6, 6.07) is 23.1. The maximum atomic E-state index is 13.9. The highest BCUT2D eigenvalue weighted by atomic mass is 127. The van der Waals surface area contributed by atoms with Gasteiger partial charge in [-0.05, 0) is 93.7 Å². The molecule has 0 fully saturated rings. The fourth-order valence-electron chi connectivity index (χ4n) is 4.19. The summed E-state index contributed by atoms with van der Waals surface area (Å²) in [5.41, 5.74) is 3.23. The number of carbonyl (C=O) groups is 1. The molecule has 0 radical (unpaired) electrons.